The number of aliphatic hydroxyl groups excluding tert-OH is 1. The highest BCUT2D eigenvalue weighted by atomic mass is 16.4. The van der Waals surface area contributed by atoms with E-state index >= 15 is 0 Å². The molecule has 0 aliphatic heterocycles. The van der Waals surface area contributed by atoms with Crippen molar-refractivity contribution in [2.45, 2.75) is 25.8 Å². The first-order chi connectivity index (χ1) is 6.27. The lowest BCUT2D eigenvalue weighted by atomic mass is 10.3. The van der Waals surface area contributed by atoms with E-state index in [0.717, 1.165) is 5.76 Å². The van der Waals surface area contributed by atoms with E-state index in [4.69, 9.17) is 9.52 Å². The van der Waals surface area contributed by atoms with Crippen molar-refractivity contribution in [3.63, 3.8) is 0 Å². The Balaban J connectivity index is 2.53. The molecule has 0 aromatic carbocycles. The second kappa shape index (κ2) is 4.99. The molecule has 0 radical (unpaired) electrons. The van der Waals surface area contributed by atoms with E-state index in [1.807, 2.05) is 14.0 Å². The molecule has 1 aromatic heterocycles. The number of aromatic nitrogens is 1. The van der Waals surface area contributed by atoms with Gasteiger partial charge in [0.05, 0.1) is 12.2 Å². The Hall–Kier alpha value is -0.870. The van der Waals surface area contributed by atoms with Crippen LogP contribution in [0.25, 0.3) is 0 Å². The van der Waals surface area contributed by atoms with Crippen molar-refractivity contribution in [2.75, 3.05) is 13.7 Å². The maximum Gasteiger partial charge on any atom is 0.194 e. The van der Waals surface area contributed by atoms with Gasteiger partial charge in [-0.3, -0.25) is 0 Å². The molecule has 1 unspecified atom stereocenters. The van der Waals surface area contributed by atoms with Gasteiger partial charge in [-0.05, 0) is 20.4 Å². The highest BCUT2D eigenvalue weighted by Gasteiger charge is 2.08. The van der Waals surface area contributed by atoms with E-state index in [1.54, 1.807) is 6.20 Å². The summed E-state index contributed by atoms with van der Waals surface area (Å²) in [5.74, 6) is 1.54. The maximum atomic E-state index is 8.61. The molecule has 0 aliphatic rings. The van der Waals surface area contributed by atoms with Crippen LogP contribution in [0.5, 0.6) is 0 Å². The number of nitrogens with zero attached hydrogens (tertiary/aromatic N) is 1. The van der Waals surface area contributed by atoms with E-state index in [2.05, 4.69) is 10.3 Å². The number of rotatable bonds is 5. The monoisotopic (exact) mass is 184 g/mol. The van der Waals surface area contributed by atoms with Crippen molar-refractivity contribution >= 4 is 0 Å². The van der Waals surface area contributed by atoms with Gasteiger partial charge in [0.25, 0.3) is 0 Å². The van der Waals surface area contributed by atoms with Crippen LogP contribution in [-0.2, 0) is 6.42 Å². The van der Waals surface area contributed by atoms with E-state index in [1.165, 1.54) is 0 Å². The molecule has 1 atom stereocenters. The lowest BCUT2D eigenvalue weighted by Crippen LogP contribution is -2.11. The van der Waals surface area contributed by atoms with E-state index in [9.17, 15) is 0 Å². The lowest BCUT2D eigenvalue weighted by Gasteiger charge is -2.03. The highest BCUT2D eigenvalue weighted by molar-refractivity contribution is 4.99. The van der Waals surface area contributed by atoms with Gasteiger partial charge in [0.2, 0.25) is 0 Å². The molecule has 1 rings (SSSR count). The molecule has 13 heavy (non-hydrogen) atoms. The minimum atomic E-state index is 0.180. The van der Waals surface area contributed by atoms with Crippen LogP contribution < -0.4 is 5.32 Å². The standard InChI is InChI=1S/C9H16N2O2/c1-7(10-2)8-6-11-9(13-8)4-3-5-12/h6-7,10,12H,3-5H2,1-2H3. The Labute approximate surface area is 78.0 Å². The predicted molar refractivity (Wildman–Crippen MR) is 49.4 cm³/mol. The van der Waals surface area contributed by atoms with Gasteiger partial charge in [-0.2, -0.15) is 0 Å². The number of hydrogen-bond donors (Lipinski definition) is 2. The number of oxazole rings is 1. The smallest absolute Gasteiger partial charge is 0.194 e. The molecule has 0 saturated heterocycles. The van der Waals surface area contributed by atoms with Crippen LogP contribution in [0, 0.1) is 0 Å². The minimum Gasteiger partial charge on any atom is -0.444 e. The van der Waals surface area contributed by atoms with Crippen molar-refractivity contribution < 1.29 is 9.52 Å². The molecule has 0 amide bonds. The van der Waals surface area contributed by atoms with Gasteiger partial charge >= 0.3 is 0 Å². The Kier molecular flexibility index (Phi) is 3.92. The Morgan fingerprint density at radius 2 is 2.46 bits per heavy atom. The summed E-state index contributed by atoms with van der Waals surface area (Å²) in [5, 5.41) is 11.7. The first-order valence-corrected chi connectivity index (χ1v) is 4.50. The lowest BCUT2D eigenvalue weighted by molar-refractivity contribution is 0.281. The molecule has 4 heteroatoms. The fourth-order valence-electron chi connectivity index (χ4n) is 1.01. The van der Waals surface area contributed by atoms with E-state index in [0.29, 0.717) is 18.7 Å². The van der Waals surface area contributed by atoms with Gasteiger partial charge in [-0.25, -0.2) is 4.98 Å². The van der Waals surface area contributed by atoms with Gasteiger partial charge in [0.1, 0.15) is 5.76 Å². The zero-order valence-corrected chi connectivity index (χ0v) is 8.08. The molecule has 1 aromatic rings. The summed E-state index contributed by atoms with van der Waals surface area (Å²) in [5.41, 5.74) is 0. The summed E-state index contributed by atoms with van der Waals surface area (Å²) >= 11 is 0. The van der Waals surface area contributed by atoms with Crippen LogP contribution >= 0.6 is 0 Å². The van der Waals surface area contributed by atoms with Crippen molar-refractivity contribution in [3.05, 3.63) is 17.8 Å². The SMILES string of the molecule is CNC(C)c1cnc(CCCO)o1. The van der Waals surface area contributed by atoms with Crippen LogP contribution in [0.4, 0.5) is 0 Å². The largest absolute Gasteiger partial charge is 0.444 e. The van der Waals surface area contributed by atoms with Crippen molar-refractivity contribution in [2.24, 2.45) is 0 Å². The molecule has 0 spiro atoms. The summed E-state index contributed by atoms with van der Waals surface area (Å²) < 4.78 is 5.45. The third kappa shape index (κ3) is 2.82. The molecule has 4 nitrogen and oxygen atoms in total. The van der Waals surface area contributed by atoms with Crippen LogP contribution in [0.15, 0.2) is 10.6 Å². The summed E-state index contributed by atoms with van der Waals surface area (Å²) in [6.45, 7) is 2.19. The van der Waals surface area contributed by atoms with Gasteiger partial charge in [0, 0.05) is 13.0 Å². The van der Waals surface area contributed by atoms with Gasteiger partial charge < -0.3 is 14.8 Å². The molecule has 2 N–H and O–H groups in total. The number of aliphatic hydroxyl groups is 1. The first-order valence-electron chi connectivity index (χ1n) is 4.50. The minimum absolute atomic E-state index is 0.180. The van der Waals surface area contributed by atoms with Gasteiger partial charge in [0.15, 0.2) is 5.89 Å². The predicted octanol–water partition coefficient (Wildman–Crippen LogP) is 0.880. The molecule has 0 fully saturated rings. The van der Waals surface area contributed by atoms with Crippen LogP contribution in [0.1, 0.15) is 31.0 Å². The van der Waals surface area contributed by atoms with Crippen molar-refractivity contribution in [1.82, 2.24) is 10.3 Å². The maximum absolute atomic E-state index is 8.61. The number of nitrogens with one attached hydrogen (secondary N) is 1. The third-order valence-electron chi connectivity index (χ3n) is 1.98. The van der Waals surface area contributed by atoms with Crippen LogP contribution in [0.2, 0.25) is 0 Å². The molecule has 0 saturated carbocycles. The summed E-state index contributed by atoms with van der Waals surface area (Å²) in [7, 11) is 1.88. The van der Waals surface area contributed by atoms with Gasteiger partial charge in [-0.15, -0.1) is 0 Å². The normalized spacial score (nSPS) is 13.2. The Morgan fingerprint density at radius 3 is 3.08 bits per heavy atom. The fourth-order valence-corrected chi connectivity index (χ4v) is 1.01. The molecule has 0 bridgehead atoms. The topological polar surface area (TPSA) is 58.3 Å². The zero-order valence-electron chi connectivity index (χ0n) is 8.08. The molecule has 1 heterocycles. The zero-order chi connectivity index (χ0) is 9.68. The number of aryl methyl sites for hydroxylation is 1. The fraction of sp³-hybridized carbons (Fsp3) is 0.667. The average molecular weight is 184 g/mol. The second-order valence-corrected chi connectivity index (χ2v) is 2.99. The Morgan fingerprint density at radius 1 is 1.69 bits per heavy atom. The number of hydrogen-bond acceptors (Lipinski definition) is 4. The summed E-state index contributed by atoms with van der Waals surface area (Å²) in [6, 6.07) is 0.190. The van der Waals surface area contributed by atoms with Crippen molar-refractivity contribution in [3.8, 4) is 0 Å². The first kappa shape index (κ1) is 10.2. The van der Waals surface area contributed by atoms with Crippen molar-refractivity contribution in [1.29, 1.82) is 0 Å². The second-order valence-electron chi connectivity index (χ2n) is 2.99. The van der Waals surface area contributed by atoms with E-state index in [-0.39, 0.29) is 12.6 Å². The van der Waals surface area contributed by atoms with Crippen LogP contribution in [0.3, 0.4) is 0 Å². The highest BCUT2D eigenvalue weighted by Crippen LogP contribution is 2.13. The Bertz CT molecular complexity index is 248. The summed E-state index contributed by atoms with van der Waals surface area (Å²) in [6.07, 6.45) is 3.13. The average Bonchev–Trinajstić information content (AvgIpc) is 2.62. The van der Waals surface area contributed by atoms with Gasteiger partial charge in [-0.1, -0.05) is 0 Å². The molecular formula is C9H16N2O2. The molecule has 74 valence electrons. The third-order valence-corrected chi connectivity index (χ3v) is 1.98. The molecule has 0 aliphatic carbocycles. The van der Waals surface area contributed by atoms with E-state index < -0.39 is 0 Å². The summed E-state index contributed by atoms with van der Waals surface area (Å²) in [4.78, 5) is 4.10. The molecular weight excluding hydrogens is 168 g/mol. The quantitative estimate of drug-likeness (QED) is 0.713. The van der Waals surface area contributed by atoms with Crippen LogP contribution in [-0.4, -0.2) is 23.7 Å².